The Balaban J connectivity index is 1.63. The lowest BCUT2D eigenvalue weighted by atomic mass is 10.0. The molecule has 0 aliphatic rings. The molecule has 4 rings (SSSR count). The van der Waals surface area contributed by atoms with Crippen LogP contribution in [0, 0.1) is 0 Å². The van der Waals surface area contributed by atoms with Gasteiger partial charge in [0.05, 0.1) is 0 Å². The van der Waals surface area contributed by atoms with Gasteiger partial charge >= 0.3 is 11.9 Å². The Kier molecular flexibility index (Phi) is 7.94. The lowest BCUT2D eigenvalue weighted by Crippen LogP contribution is -2.17. The predicted octanol–water partition coefficient (Wildman–Crippen LogP) is 6.64. The highest BCUT2D eigenvalue weighted by Gasteiger charge is 2.13. The van der Waals surface area contributed by atoms with Gasteiger partial charge in [-0.15, -0.1) is 0 Å². The van der Waals surface area contributed by atoms with Crippen LogP contribution in [0.25, 0.3) is 10.8 Å². The number of fused-ring (bicyclic) bond motifs is 1. The van der Waals surface area contributed by atoms with E-state index in [0.29, 0.717) is 6.54 Å². The summed E-state index contributed by atoms with van der Waals surface area (Å²) in [5.41, 5.74) is 4.96. The molecule has 0 fully saturated rings. The SMILES string of the molecule is C=CC(=O)OCc1ccc(N(Cc2cccc3ccccc23)c2ccc(COC(=O)C=C)cc2)cc1. The Labute approximate surface area is 210 Å². The van der Waals surface area contributed by atoms with Crippen molar-refractivity contribution in [2.75, 3.05) is 4.90 Å². The predicted molar refractivity (Wildman–Crippen MR) is 143 cm³/mol. The average Bonchev–Trinajstić information content (AvgIpc) is 2.94. The molecule has 0 radical (unpaired) electrons. The highest BCUT2D eigenvalue weighted by Crippen LogP contribution is 2.30. The van der Waals surface area contributed by atoms with E-state index in [1.165, 1.54) is 16.3 Å². The van der Waals surface area contributed by atoms with E-state index in [2.05, 4.69) is 54.5 Å². The molecule has 0 N–H and O–H groups in total. The molecule has 0 saturated heterocycles. The van der Waals surface area contributed by atoms with Crippen molar-refractivity contribution in [1.82, 2.24) is 0 Å². The van der Waals surface area contributed by atoms with Crippen LogP contribution in [0.4, 0.5) is 11.4 Å². The van der Waals surface area contributed by atoms with Gasteiger partial charge in [-0.05, 0) is 51.7 Å². The minimum Gasteiger partial charge on any atom is -0.458 e. The first-order chi connectivity index (χ1) is 17.6. The molecule has 0 aromatic heterocycles. The fourth-order valence-corrected chi connectivity index (χ4v) is 3.90. The van der Waals surface area contributed by atoms with E-state index in [1.54, 1.807) is 0 Å². The molecule has 0 aliphatic carbocycles. The minimum atomic E-state index is -0.449. The molecule has 0 bridgehead atoms. The van der Waals surface area contributed by atoms with Gasteiger partial charge in [-0.3, -0.25) is 0 Å². The fourth-order valence-electron chi connectivity index (χ4n) is 3.90. The molecule has 0 amide bonds. The van der Waals surface area contributed by atoms with Crippen molar-refractivity contribution in [3.05, 3.63) is 133 Å². The number of carbonyl (C=O) groups is 2. The van der Waals surface area contributed by atoms with Crippen LogP contribution in [0.15, 0.2) is 116 Å². The van der Waals surface area contributed by atoms with E-state index >= 15 is 0 Å². The van der Waals surface area contributed by atoms with Crippen molar-refractivity contribution in [2.45, 2.75) is 19.8 Å². The standard InChI is InChI=1S/C31H27NO4/c1-3-30(33)35-21-23-12-16-27(17-13-23)32(20-26-10-7-9-25-8-5-6-11-29(25)26)28-18-14-24(15-19-28)22-36-31(34)4-2/h3-19H,1-2,20-22H2. The smallest absolute Gasteiger partial charge is 0.330 e. The molecule has 0 spiro atoms. The zero-order valence-electron chi connectivity index (χ0n) is 19.9. The van der Waals surface area contributed by atoms with E-state index < -0.39 is 11.9 Å². The molecule has 0 heterocycles. The highest BCUT2D eigenvalue weighted by atomic mass is 16.5. The van der Waals surface area contributed by atoms with Crippen molar-refractivity contribution < 1.29 is 19.1 Å². The maximum Gasteiger partial charge on any atom is 0.330 e. The lowest BCUT2D eigenvalue weighted by Gasteiger charge is -2.26. The van der Waals surface area contributed by atoms with E-state index in [0.717, 1.165) is 34.7 Å². The van der Waals surface area contributed by atoms with Crippen molar-refractivity contribution in [1.29, 1.82) is 0 Å². The van der Waals surface area contributed by atoms with Gasteiger partial charge in [0.15, 0.2) is 0 Å². The summed E-state index contributed by atoms with van der Waals surface area (Å²) >= 11 is 0. The third-order valence-electron chi connectivity index (χ3n) is 5.80. The third kappa shape index (κ3) is 6.07. The number of anilines is 2. The molecule has 5 heteroatoms. The number of ether oxygens (including phenoxy) is 2. The van der Waals surface area contributed by atoms with Gasteiger partial charge in [-0.2, -0.15) is 0 Å². The Bertz CT molecular complexity index is 1300. The summed E-state index contributed by atoms with van der Waals surface area (Å²) in [7, 11) is 0. The van der Waals surface area contributed by atoms with Crippen molar-refractivity contribution in [3.63, 3.8) is 0 Å². The molecule has 0 saturated carbocycles. The second-order valence-corrected chi connectivity index (χ2v) is 8.18. The van der Waals surface area contributed by atoms with Gasteiger partial charge in [0, 0.05) is 30.1 Å². The molecule has 36 heavy (non-hydrogen) atoms. The van der Waals surface area contributed by atoms with Gasteiger partial charge in [0.25, 0.3) is 0 Å². The van der Waals surface area contributed by atoms with Crippen molar-refractivity contribution in [2.24, 2.45) is 0 Å². The molecule has 4 aromatic carbocycles. The van der Waals surface area contributed by atoms with Crippen LogP contribution in [0.3, 0.4) is 0 Å². The number of benzene rings is 4. The third-order valence-corrected chi connectivity index (χ3v) is 5.80. The number of hydrogen-bond acceptors (Lipinski definition) is 5. The number of esters is 2. The summed E-state index contributed by atoms with van der Waals surface area (Å²) in [4.78, 5) is 25.0. The maximum atomic E-state index is 11.4. The van der Waals surface area contributed by atoms with E-state index in [9.17, 15) is 9.59 Å². The van der Waals surface area contributed by atoms with Gasteiger partial charge < -0.3 is 14.4 Å². The summed E-state index contributed by atoms with van der Waals surface area (Å²) in [5.74, 6) is -0.897. The van der Waals surface area contributed by atoms with E-state index in [4.69, 9.17) is 9.47 Å². The molecule has 0 atom stereocenters. The molecular weight excluding hydrogens is 450 g/mol. The quantitative estimate of drug-likeness (QED) is 0.189. The zero-order valence-corrected chi connectivity index (χ0v) is 19.9. The van der Waals surface area contributed by atoms with Gasteiger partial charge in [0.1, 0.15) is 13.2 Å². The monoisotopic (exact) mass is 477 g/mol. The number of carbonyl (C=O) groups excluding carboxylic acids is 2. The molecule has 5 nitrogen and oxygen atoms in total. The first-order valence-electron chi connectivity index (χ1n) is 11.6. The van der Waals surface area contributed by atoms with Crippen LogP contribution in [0.5, 0.6) is 0 Å². The van der Waals surface area contributed by atoms with Gasteiger partial charge in [-0.1, -0.05) is 79.9 Å². The van der Waals surface area contributed by atoms with Crippen LogP contribution in [0.2, 0.25) is 0 Å². The molecule has 0 aliphatic heterocycles. The number of nitrogens with zero attached hydrogens (tertiary/aromatic N) is 1. The van der Waals surface area contributed by atoms with Crippen LogP contribution >= 0.6 is 0 Å². The van der Waals surface area contributed by atoms with Gasteiger partial charge in [0.2, 0.25) is 0 Å². The summed E-state index contributed by atoms with van der Waals surface area (Å²) < 4.78 is 10.3. The fraction of sp³-hybridized carbons (Fsp3) is 0.0968. The Morgan fingerprint density at radius 3 is 1.69 bits per heavy atom. The number of rotatable bonds is 10. The first kappa shape index (κ1) is 24.5. The van der Waals surface area contributed by atoms with Gasteiger partial charge in [-0.25, -0.2) is 9.59 Å². The van der Waals surface area contributed by atoms with Crippen LogP contribution in [0.1, 0.15) is 16.7 Å². The molecule has 0 unspecified atom stereocenters. The first-order valence-corrected chi connectivity index (χ1v) is 11.6. The lowest BCUT2D eigenvalue weighted by molar-refractivity contribution is -0.139. The summed E-state index contributed by atoms with van der Waals surface area (Å²) in [6.07, 6.45) is 2.31. The van der Waals surface area contributed by atoms with E-state index in [-0.39, 0.29) is 13.2 Å². The molecular formula is C31H27NO4. The van der Waals surface area contributed by atoms with Crippen molar-refractivity contribution >= 4 is 34.1 Å². The average molecular weight is 478 g/mol. The second kappa shape index (κ2) is 11.7. The van der Waals surface area contributed by atoms with Crippen LogP contribution in [-0.4, -0.2) is 11.9 Å². The maximum absolute atomic E-state index is 11.4. The Morgan fingerprint density at radius 1 is 0.667 bits per heavy atom. The highest BCUT2D eigenvalue weighted by molar-refractivity contribution is 5.86. The topological polar surface area (TPSA) is 55.8 Å². The largest absolute Gasteiger partial charge is 0.458 e. The zero-order chi connectivity index (χ0) is 25.3. The molecule has 180 valence electrons. The Morgan fingerprint density at radius 2 is 1.17 bits per heavy atom. The summed E-state index contributed by atoms with van der Waals surface area (Å²) in [6, 6.07) is 30.5. The van der Waals surface area contributed by atoms with Crippen molar-refractivity contribution in [3.8, 4) is 0 Å². The Hall–Kier alpha value is -4.64. The second-order valence-electron chi connectivity index (χ2n) is 8.18. The van der Waals surface area contributed by atoms with Crippen LogP contribution < -0.4 is 4.90 Å². The number of hydrogen-bond donors (Lipinski definition) is 0. The summed E-state index contributed by atoms with van der Waals surface area (Å²) in [6.45, 7) is 7.88. The van der Waals surface area contributed by atoms with E-state index in [1.807, 2.05) is 54.6 Å². The summed E-state index contributed by atoms with van der Waals surface area (Å²) in [5, 5.41) is 2.39. The normalized spacial score (nSPS) is 10.4. The van der Waals surface area contributed by atoms with Crippen LogP contribution in [-0.2, 0) is 38.8 Å². The molecule has 4 aromatic rings. The minimum absolute atomic E-state index is 0.187.